The highest BCUT2D eigenvalue weighted by atomic mass is 16.6. The molecule has 0 bridgehead atoms. The van der Waals surface area contributed by atoms with E-state index < -0.39 is 0 Å². The zero-order valence-electron chi connectivity index (χ0n) is 25.7. The topological polar surface area (TPSA) is 21.7 Å². The average Bonchev–Trinajstić information content (AvgIpc) is 2.83. The first kappa shape index (κ1) is 35.4. The van der Waals surface area contributed by atoms with Gasteiger partial charge in [0.15, 0.2) is 0 Å². The molecule has 0 saturated heterocycles. The van der Waals surface area contributed by atoms with Gasteiger partial charge in [0, 0.05) is 13.2 Å². The van der Waals surface area contributed by atoms with Crippen molar-refractivity contribution in [1.82, 2.24) is 4.90 Å². The zero-order chi connectivity index (χ0) is 26.9. The number of allylic oxidation sites excluding steroid dienone is 4. The van der Waals surface area contributed by atoms with Gasteiger partial charge >= 0.3 is 0 Å². The Morgan fingerprint density at radius 3 is 1.92 bits per heavy atom. The fourth-order valence-corrected chi connectivity index (χ4v) is 4.25. The van der Waals surface area contributed by atoms with Crippen LogP contribution in [0.1, 0.15) is 137 Å². The number of hydrogen-bond acceptors (Lipinski definition) is 3. The van der Waals surface area contributed by atoms with Crippen molar-refractivity contribution in [3.05, 3.63) is 24.3 Å². The lowest BCUT2D eigenvalue weighted by Gasteiger charge is -2.36. The molecular formula is C33H65NO2. The molecule has 0 aliphatic heterocycles. The largest absolute Gasteiger partial charge is 0.377 e. The summed E-state index contributed by atoms with van der Waals surface area (Å²) in [4.78, 5) is 2.16. The van der Waals surface area contributed by atoms with E-state index in [9.17, 15) is 0 Å². The predicted molar refractivity (Wildman–Crippen MR) is 161 cm³/mol. The van der Waals surface area contributed by atoms with E-state index in [-0.39, 0.29) is 5.72 Å². The Bertz CT molecular complexity index is 514. The molecule has 3 heteroatoms. The van der Waals surface area contributed by atoms with E-state index in [1.807, 2.05) is 0 Å². The van der Waals surface area contributed by atoms with Crippen LogP contribution in [0, 0.1) is 11.8 Å². The summed E-state index contributed by atoms with van der Waals surface area (Å²) in [6.45, 7) is 13.7. The summed E-state index contributed by atoms with van der Waals surface area (Å²) in [5.41, 5.74) is -0.335. The average molecular weight is 508 g/mol. The van der Waals surface area contributed by atoms with E-state index in [1.54, 1.807) is 0 Å². The highest BCUT2D eigenvalue weighted by Gasteiger charge is 2.28. The van der Waals surface area contributed by atoms with Gasteiger partial charge in [0.1, 0.15) is 5.72 Å². The summed E-state index contributed by atoms with van der Waals surface area (Å²) in [6, 6.07) is 0. The molecule has 0 radical (unpaired) electrons. The Balaban J connectivity index is 3.73. The normalized spacial score (nSPS) is 15.0. The Morgan fingerprint density at radius 1 is 0.694 bits per heavy atom. The molecule has 0 spiro atoms. The Hall–Kier alpha value is -0.640. The standard InChI is InChI=1S/C33H65NO2/c1-8-9-10-11-12-13-14-15-16-17-18-19-20-21-22-23-28-36-33(5,34(6)7)30-35-29-27-32(4)26-24-25-31(2)3/h12-13,15-16,31-32H,8-11,14,17-30H2,1-7H3/b13-12-,16-15-/t32?,33-/m1/s1. The molecule has 36 heavy (non-hydrogen) atoms. The molecule has 1 unspecified atom stereocenters. The maximum absolute atomic E-state index is 6.29. The van der Waals surface area contributed by atoms with Crippen LogP contribution in [-0.4, -0.2) is 44.5 Å². The van der Waals surface area contributed by atoms with E-state index in [4.69, 9.17) is 9.47 Å². The lowest BCUT2D eigenvalue weighted by Crippen LogP contribution is -2.48. The monoisotopic (exact) mass is 508 g/mol. The lowest BCUT2D eigenvalue weighted by atomic mass is 9.98. The van der Waals surface area contributed by atoms with Gasteiger partial charge in [-0.3, -0.25) is 4.90 Å². The van der Waals surface area contributed by atoms with E-state index in [1.165, 1.54) is 83.5 Å². The van der Waals surface area contributed by atoms with Crippen LogP contribution in [0.3, 0.4) is 0 Å². The molecular weight excluding hydrogens is 442 g/mol. The van der Waals surface area contributed by atoms with Gasteiger partial charge < -0.3 is 9.47 Å². The predicted octanol–water partition coefficient (Wildman–Crippen LogP) is 9.96. The minimum absolute atomic E-state index is 0.335. The second-order valence-electron chi connectivity index (χ2n) is 11.8. The van der Waals surface area contributed by atoms with Crippen molar-refractivity contribution in [2.24, 2.45) is 11.8 Å². The minimum Gasteiger partial charge on any atom is -0.377 e. The van der Waals surface area contributed by atoms with Crippen molar-refractivity contribution in [2.45, 2.75) is 143 Å². The van der Waals surface area contributed by atoms with Crippen LogP contribution in [0.25, 0.3) is 0 Å². The quantitative estimate of drug-likeness (QED) is 0.0660. The molecule has 0 aromatic rings. The molecule has 214 valence electrons. The molecule has 0 rings (SSSR count). The van der Waals surface area contributed by atoms with E-state index in [0.29, 0.717) is 6.61 Å². The van der Waals surface area contributed by atoms with Crippen molar-refractivity contribution in [3.8, 4) is 0 Å². The summed E-state index contributed by atoms with van der Waals surface area (Å²) < 4.78 is 12.4. The van der Waals surface area contributed by atoms with Crippen LogP contribution in [-0.2, 0) is 9.47 Å². The Morgan fingerprint density at radius 2 is 1.31 bits per heavy atom. The van der Waals surface area contributed by atoms with E-state index >= 15 is 0 Å². The minimum atomic E-state index is -0.335. The molecule has 0 aromatic carbocycles. The maximum atomic E-state index is 6.29. The summed E-state index contributed by atoms with van der Waals surface area (Å²) in [5, 5.41) is 0. The van der Waals surface area contributed by atoms with Gasteiger partial charge in [0.05, 0.1) is 6.61 Å². The van der Waals surface area contributed by atoms with Crippen LogP contribution in [0.4, 0.5) is 0 Å². The zero-order valence-corrected chi connectivity index (χ0v) is 25.7. The molecule has 0 heterocycles. The first-order valence-corrected chi connectivity index (χ1v) is 15.5. The van der Waals surface area contributed by atoms with Gasteiger partial charge in [-0.05, 0) is 77.8 Å². The number of rotatable bonds is 26. The van der Waals surface area contributed by atoms with Gasteiger partial charge in [0.25, 0.3) is 0 Å². The van der Waals surface area contributed by atoms with Crippen LogP contribution < -0.4 is 0 Å². The smallest absolute Gasteiger partial charge is 0.141 e. The number of hydrogen-bond donors (Lipinski definition) is 0. The highest BCUT2D eigenvalue weighted by Crippen LogP contribution is 2.18. The lowest BCUT2D eigenvalue weighted by molar-refractivity contribution is -0.164. The number of nitrogens with zero attached hydrogens (tertiary/aromatic N) is 1. The number of ether oxygens (including phenoxy) is 2. The third-order valence-electron chi connectivity index (χ3n) is 7.31. The van der Waals surface area contributed by atoms with Crippen LogP contribution >= 0.6 is 0 Å². The molecule has 3 nitrogen and oxygen atoms in total. The molecule has 0 amide bonds. The van der Waals surface area contributed by atoms with Gasteiger partial charge in [-0.25, -0.2) is 0 Å². The molecule has 0 N–H and O–H groups in total. The summed E-state index contributed by atoms with van der Waals surface area (Å²) in [7, 11) is 4.19. The molecule has 0 fully saturated rings. The Kier molecular flexibility index (Phi) is 24.2. The molecule has 0 aliphatic carbocycles. The van der Waals surface area contributed by atoms with Crippen molar-refractivity contribution >= 4 is 0 Å². The fourth-order valence-electron chi connectivity index (χ4n) is 4.25. The van der Waals surface area contributed by atoms with Gasteiger partial charge in [-0.15, -0.1) is 0 Å². The van der Waals surface area contributed by atoms with Crippen LogP contribution in [0.15, 0.2) is 24.3 Å². The fraction of sp³-hybridized carbons (Fsp3) is 0.879. The van der Waals surface area contributed by atoms with Gasteiger partial charge in [-0.1, -0.05) is 110 Å². The second-order valence-corrected chi connectivity index (χ2v) is 11.8. The first-order chi connectivity index (χ1) is 17.3. The van der Waals surface area contributed by atoms with Crippen molar-refractivity contribution < 1.29 is 9.47 Å². The molecule has 0 saturated carbocycles. The molecule has 0 aromatic heterocycles. The number of likely N-dealkylation sites (N-methyl/N-ethyl adjacent to an activating group) is 1. The summed E-state index contributed by atoms with van der Waals surface area (Å²) in [5.74, 6) is 1.56. The Labute approximate surface area is 227 Å². The first-order valence-electron chi connectivity index (χ1n) is 15.5. The van der Waals surface area contributed by atoms with Crippen molar-refractivity contribution in [1.29, 1.82) is 0 Å². The third-order valence-corrected chi connectivity index (χ3v) is 7.31. The summed E-state index contributed by atoms with van der Waals surface area (Å²) >= 11 is 0. The van der Waals surface area contributed by atoms with Crippen LogP contribution in [0.5, 0.6) is 0 Å². The van der Waals surface area contributed by atoms with Gasteiger partial charge in [-0.2, -0.15) is 0 Å². The van der Waals surface area contributed by atoms with E-state index in [0.717, 1.165) is 44.3 Å². The second kappa shape index (κ2) is 24.7. The van der Waals surface area contributed by atoms with Crippen LogP contribution in [0.2, 0.25) is 0 Å². The van der Waals surface area contributed by atoms with Crippen molar-refractivity contribution in [2.75, 3.05) is 33.9 Å². The number of unbranched alkanes of at least 4 members (excludes halogenated alkanes) is 9. The van der Waals surface area contributed by atoms with Gasteiger partial charge in [0.2, 0.25) is 0 Å². The maximum Gasteiger partial charge on any atom is 0.141 e. The molecule has 2 atom stereocenters. The SMILES string of the molecule is CCCCC/C=C\C/C=C\CCCCCCCCO[C@](C)(COCCC(C)CCCC(C)C)N(C)C. The van der Waals surface area contributed by atoms with E-state index in [2.05, 4.69) is 77.9 Å². The van der Waals surface area contributed by atoms with Crippen molar-refractivity contribution in [3.63, 3.8) is 0 Å². The molecule has 0 aliphatic rings. The third kappa shape index (κ3) is 22.5. The highest BCUT2D eigenvalue weighted by molar-refractivity contribution is 4.92. The summed E-state index contributed by atoms with van der Waals surface area (Å²) in [6.07, 6.45) is 29.8.